The number of nitrogens with zero attached hydrogens (tertiary/aromatic N) is 1. The highest BCUT2D eigenvalue weighted by molar-refractivity contribution is 6.33. The van der Waals surface area contributed by atoms with Crippen LogP contribution in [0, 0.1) is 5.92 Å². The molecule has 2 nitrogen and oxygen atoms in total. The molecule has 0 aliphatic heterocycles. The lowest BCUT2D eigenvalue weighted by Gasteiger charge is -2.24. The van der Waals surface area contributed by atoms with Crippen molar-refractivity contribution in [1.29, 1.82) is 0 Å². The molecule has 0 bridgehead atoms. The van der Waals surface area contributed by atoms with Crippen LogP contribution in [0.2, 0.25) is 5.02 Å². The molecule has 0 atom stereocenters. The molecule has 0 aliphatic rings. The second-order valence-electron chi connectivity index (χ2n) is 5.55. The first-order valence-corrected chi connectivity index (χ1v) is 7.63. The van der Waals surface area contributed by atoms with Crippen LogP contribution >= 0.6 is 11.6 Å². The molecule has 1 aromatic carbocycles. The van der Waals surface area contributed by atoms with Gasteiger partial charge in [-0.3, -0.25) is 0 Å². The molecule has 0 spiro atoms. The van der Waals surface area contributed by atoms with Crippen LogP contribution in [-0.4, -0.2) is 20.1 Å². The van der Waals surface area contributed by atoms with Gasteiger partial charge in [0, 0.05) is 20.1 Å². The van der Waals surface area contributed by atoms with Crippen LogP contribution in [0.15, 0.2) is 18.2 Å². The number of nitrogens with one attached hydrogen (secondary N) is 1. The number of halogens is 1. The Morgan fingerprint density at radius 1 is 1.32 bits per heavy atom. The molecule has 0 amide bonds. The fraction of sp³-hybridized carbons (Fsp3) is 0.625. The van der Waals surface area contributed by atoms with Gasteiger partial charge < -0.3 is 10.2 Å². The number of hydrogen-bond acceptors (Lipinski definition) is 2. The van der Waals surface area contributed by atoms with Crippen molar-refractivity contribution in [2.45, 2.75) is 40.2 Å². The molecule has 1 aromatic rings. The molecule has 108 valence electrons. The third-order valence-electron chi connectivity index (χ3n) is 3.17. The number of hydrogen-bond donors (Lipinski definition) is 1. The molecule has 0 heterocycles. The zero-order valence-electron chi connectivity index (χ0n) is 12.7. The van der Waals surface area contributed by atoms with E-state index in [1.54, 1.807) is 0 Å². The lowest BCUT2D eigenvalue weighted by atomic mass is 10.1. The molecule has 0 saturated carbocycles. The highest BCUT2D eigenvalue weighted by Gasteiger charge is 2.11. The van der Waals surface area contributed by atoms with Crippen molar-refractivity contribution in [2.24, 2.45) is 5.92 Å². The predicted octanol–water partition coefficient (Wildman–Crippen LogP) is 4.32. The Labute approximate surface area is 123 Å². The molecule has 0 radical (unpaired) electrons. The molecule has 1 N–H and O–H groups in total. The largest absolute Gasteiger partial charge is 0.373 e. The Balaban J connectivity index is 2.76. The maximum atomic E-state index is 6.38. The van der Waals surface area contributed by atoms with E-state index in [0.717, 1.165) is 24.7 Å². The summed E-state index contributed by atoms with van der Waals surface area (Å²) in [6, 6.07) is 6.17. The van der Waals surface area contributed by atoms with Crippen molar-refractivity contribution in [2.75, 3.05) is 25.0 Å². The van der Waals surface area contributed by atoms with Crippen molar-refractivity contribution in [1.82, 2.24) is 5.32 Å². The van der Waals surface area contributed by atoms with Gasteiger partial charge in [0.2, 0.25) is 0 Å². The third kappa shape index (κ3) is 5.42. The molecule has 19 heavy (non-hydrogen) atoms. The van der Waals surface area contributed by atoms with Gasteiger partial charge in [-0.15, -0.1) is 0 Å². The minimum Gasteiger partial charge on any atom is -0.373 e. The van der Waals surface area contributed by atoms with Crippen LogP contribution in [0.4, 0.5) is 5.69 Å². The zero-order valence-corrected chi connectivity index (χ0v) is 13.4. The standard InChI is InChI=1S/C16H27ClN2/c1-5-6-10-19(4)16-14(8-7-9-15(16)17)12-18-11-13(2)3/h7-9,13,18H,5-6,10-12H2,1-4H3. The molecule has 0 fully saturated rings. The van der Waals surface area contributed by atoms with E-state index in [4.69, 9.17) is 11.6 Å². The number of anilines is 1. The predicted molar refractivity (Wildman–Crippen MR) is 86.2 cm³/mol. The van der Waals surface area contributed by atoms with Crippen LogP contribution in [0.25, 0.3) is 0 Å². The Morgan fingerprint density at radius 3 is 2.68 bits per heavy atom. The SMILES string of the molecule is CCCCN(C)c1c(Cl)cccc1CNCC(C)C. The van der Waals surface area contributed by atoms with Crippen LogP contribution in [-0.2, 0) is 6.54 Å². The first kappa shape index (κ1) is 16.3. The summed E-state index contributed by atoms with van der Waals surface area (Å²) < 4.78 is 0. The Hall–Kier alpha value is -0.730. The van der Waals surface area contributed by atoms with Crippen molar-refractivity contribution in [3.05, 3.63) is 28.8 Å². The number of unbranched alkanes of at least 4 members (excludes halogenated alkanes) is 1. The number of para-hydroxylation sites is 1. The fourth-order valence-electron chi connectivity index (χ4n) is 2.13. The molecule has 0 saturated heterocycles. The van der Waals surface area contributed by atoms with Crippen LogP contribution in [0.1, 0.15) is 39.2 Å². The van der Waals surface area contributed by atoms with Crippen LogP contribution < -0.4 is 10.2 Å². The summed E-state index contributed by atoms with van der Waals surface area (Å²) in [5.74, 6) is 0.667. The van der Waals surface area contributed by atoms with E-state index in [-0.39, 0.29) is 0 Å². The highest BCUT2D eigenvalue weighted by Crippen LogP contribution is 2.29. The minimum atomic E-state index is 0.667. The number of rotatable bonds is 8. The monoisotopic (exact) mass is 282 g/mol. The van der Waals surface area contributed by atoms with E-state index in [2.05, 4.69) is 44.1 Å². The van der Waals surface area contributed by atoms with Gasteiger partial charge in [-0.25, -0.2) is 0 Å². The summed E-state index contributed by atoms with van der Waals surface area (Å²) in [5, 5.41) is 4.34. The Bertz CT molecular complexity index is 377. The summed E-state index contributed by atoms with van der Waals surface area (Å²) in [7, 11) is 2.13. The highest BCUT2D eigenvalue weighted by atomic mass is 35.5. The van der Waals surface area contributed by atoms with Gasteiger partial charge in [-0.05, 0) is 30.5 Å². The van der Waals surface area contributed by atoms with Gasteiger partial charge in [0.1, 0.15) is 0 Å². The normalized spacial score (nSPS) is 11.1. The van der Waals surface area contributed by atoms with Crippen molar-refractivity contribution in [3.63, 3.8) is 0 Å². The van der Waals surface area contributed by atoms with E-state index >= 15 is 0 Å². The van der Waals surface area contributed by atoms with E-state index in [1.165, 1.54) is 24.1 Å². The first-order valence-electron chi connectivity index (χ1n) is 7.25. The third-order valence-corrected chi connectivity index (χ3v) is 3.47. The second-order valence-corrected chi connectivity index (χ2v) is 5.95. The first-order chi connectivity index (χ1) is 9.06. The summed E-state index contributed by atoms with van der Waals surface area (Å²) >= 11 is 6.38. The lowest BCUT2D eigenvalue weighted by Crippen LogP contribution is -2.24. The zero-order chi connectivity index (χ0) is 14.3. The molecule has 1 rings (SSSR count). The van der Waals surface area contributed by atoms with Gasteiger partial charge in [-0.2, -0.15) is 0 Å². The quantitative estimate of drug-likeness (QED) is 0.764. The summed E-state index contributed by atoms with van der Waals surface area (Å²) in [6.45, 7) is 9.62. The van der Waals surface area contributed by atoms with Gasteiger partial charge in [0.25, 0.3) is 0 Å². The van der Waals surface area contributed by atoms with Crippen LogP contribution in [0.3, 0.4) is 0 Å². The molecular weight excluding hydrogens is 256 g/mol. The second kappa shape index (κ2) is 8.44. The molecule has 3 heteroatoms. The summed E-state index contributed by atoms with van der Waals surface area (Å²) in [4.78, 5) is 2.28. The maximum absolute atomic E-state index is 6.38. The molecule has 0 unspecified atom stereocenters. The lowest BCUT2D eigenvalue weighted by molar-refractivity contribution is 0.552. The maximum Gasteiger partial charge on any atom is 0.0642 e. The smallest absolute Gasteiger partial charge is 0.0642 e. The van der Waals surface area contributed by atoms with Gasteiger partial charge in [-0.1, -0.05) is 50.9 Å². The molecular formula is C16H27ClN2. The van der Waals surface area contributed by atoms with Gasteiger partial charge >= 0.3 is 0 Å². The van der Waals surface area contributed by atoms with Gasteiger partial charge in [0.05, 0.1) is 10.7 Å². The molecule has 0 aliphatic carbocycles. The van der Waals surface area contributed by atoms with E-state index in [0.29, 0.717) is 5.92 Å². The minimum absolute atomic E-state index is 0.667. The van der Waals surface area contributed by atoms with E-state index in [1.807, 2.05) is 12.1 Å². The average molecular weight is 283 g/mol. The van der Waals surface area contributed by atoms with E-state index < -0.39 is 0 Å². The Morgan fingerprint density at radius 2 is 2.05 bits per heavy atom. The van der Waals surface area contributed by atoms with Crippen molar-refractivity contribution in [3.8, 4) is 0 Å². The van der Waals surface area contributed by atoms with Crippen molar-refractivity contribution >= 4 is 17.3 Å². The fourth-order valence-corrected chi connectivity index (χ4v) is 2.47. The summed E-state index contributed by atoms with van der Waals surface area (Å²) in [5.41, 5.74) is 2.46. The van der Waals surface area contributed by atoms with Gasteiger partial charge in [0.15, 0.2) is 0 Å². The van der Waals surface area contributed by atoms with E-state index in [9.17, 15) is 0 Å². The summed E-state index contributed by atoms with van der Waals surface area (Å²) in [6.07, 6.45) is 2.40. The average Bonchev–Trinajstić information content (AvgIpc) is 2.35. The topological polar surface area (TPSA) is 15.3 Å². The molecule has 0 aromatic heterocycles. The van der Waals surface area contributed by atoms with Crippen LogP contribution in [0.5, 0.6) is 0 Å². The number of benzene rings is 1. The van der Waals surface area contributed by atoms with Crippen molar-refractivity contribution < 1.29 is 0 Å². The Kier molecular flexibility index (Phi) is 7.25.